The van der Waals surface area contributed by atoms with Crippen molar-refractivity contribution in [3.63, 3.8) is 0 Å². The van der Waals surface area contributed by atoms with Gasteiger partial charge in [-0.25, -0.2) is 5.84 Å². The molecule has 1 aromatic carbocycles. The summed E-state index contributed by atoms with van der Waals surface area (Å²) in [5.74, 6) is 5.78. The minimum absolute atomic E-state index is 0.335. The van der Waals surface area contributed by atoms with E-state index in [9.17, 15) is 5.11 Å². The van der Waals surface area contributed by atoms with Gasteiger partial charge in [-0.05, 0) is 26.0 Å². The summed E-state index contributed by atoms with van der Waals surface area (Å²) in [5, 5.41) is 11.0. The fraction of sp³-hybridized carbons (Fsp3) is 0.400. The maximum absolute atomic E-state index is 9.58. The molecule has 0 aliphatic heterocycles. The van der Waals surface area contributed by atoms with Gasteiger partial charge in [0.05, 0.1) is 23.5 Å². The van der Waals surface area contributed by atoms with Crippen LogP contribution >= 0.6 is 0 Å². The second-order valence-electron chi connectivity index (χ2n) is 4.00. The predicted octanol–water partition coefficient (Wildman–Crippen LogP) is 0.720. The molecule has 0 atom stereocenters. The van der Waals surface area contributed by atoms with Gasteiger partial charge in [0.15, 0.2) is 0 Å². The van der Waals surface area contributed by atoms with Gasteiger partial charge in [-0.2, -0.15) is 0 Å². The Morgan fingerprint density at radius 1 is 1.36 bits per heavy atom. The summed E-state index contributed by atoms with van der Waals surface area (Å²) in [5.41, 5.74) is 6.24. The molecule has 4 nitrogen and oxygen atoms in total. The molecule has 0 radical (unpaired) electrons. The lowest BCUT2D eigenvalue weighted by Gasteiger charge is -2.27. The average molecular weight is 195 g/mol. The van der Waals surface area contributed by atoms with E-state index in [-0.39, 0.29) is 0 Å². The van der Waals surface area contributed by atoms with Crippen molar-refractivity contribution >= 4 is 11.4 Å². The van der Waals surface area contributed by atoms with Crippen molar-refractivity contribution in [1.29, 1.82) is 0 Å². The number of nitrogen functional groups attached to an aromatic ring is 1. The molecule has 1 aromatic rings. The van der Waals surface area contributed by atoms with Crippen LogP contribution in [0.2, 0.25) is 0 Å². The minimum Gasteiger partial charge on any atom is -0.397 e. The van der Waals surface area contributed by atoms with Crippen molar-refractivity contribution in [2.75, 3.05) is 17.3 Å². The van der Waals surface area contributed by atoms with Crippen LogP contribution in [0.25, 0.3) is 0 Å². The molecule has 0 spiro atoms. The van der Waals surface area contributed by atoms with Crippen LogP contribution in [0.15, 0.2) is 24.3 Å². The molecule has 14 heavy (non-hydrogen) atoms. The summed E-state index contributed by atoms with van der Waals surface area (Å²) in [4.78, 5) is 0. The van der Waals surface area contributed by atoms with Crippen molar-refractivity contribution in [2.24, 2.45) is 5.84 Å². The van der Waals surface area contributed by atoms with Crippen molar-refractivity contribution in [3.05, 3.63) is 24.3 Å². The number of rotatable bonds is 3. The quantitative estimate of drug-likeness (QED) is 0.377. The number of hydrazine groups is 1. The van der Waals surface area contributed by atoms with E-state index in [0.717, 1.165) is 5.69 Å². The van der Waals surface area contributed by atoms with E-state index in [1.807, 2.05) is 18.2 Å². The van der Waals surface area contributed by atoms with Gasteiger partial charge in [0, 0.05) is 0 Å². The van der Waals surface area contributed by atoms with Gasteiger partial charge in [0.1, 0.15) is 0 Å². The Kier molecular flexibility index (Phi) is 2.98. The SMILES string of the molecule is CC(C)(O)CN(N)c1ccccc1N. The molecule has 0 unspecified atom stereocenters. The highest BCUT2D eigenvalue weighted by Gasteiger charge is 2.17. The highest BCUT2D eigenvalue weighted by atomic mass is 16.3. The smallest absolute Gasteiger partial charge is 0.0781 e. The monoisotopic (exact) mass is 195 g/mol. The number of benzene rings is 1. The van der Waals surface area contributed by atoms with Crippen LogP contribution in [-0.2, 0) is 0 Å². The predicted molar refractivity (Wildman–Crippen MR) is 58.7 cm³/mol. The number of aliphatic hydroxyl groups is 1. The van der Waals surface area contributed by atoms with Gasteiger partial charge in [0.2, 0.25) is 0 Å². The maximum atomic E-state index is 9.58. The topological polar surface area (TPSA) is 75.5 Å². The molecule has 78 valence electrons. The lowest BCUT2D eigenvalue weighted by molar-refractivity contribution is 0.0874. The second-order valence-corrected chi connectivity index (χ2v) is 4.00. The summed E-state index contributed by atoms with van der Waals surface area (Å²) < 4.78 is 0. The Morgan fingerprint density at radius 2 is 1.93 bits per heavy atom. The van der Waals surface area contributed by atoms with Crippen LogP contribution in [0.5, 0.6) is 0 Å². The summed E-state index contributed by atoms with van der Waals surface area (Å²) in [7, 11) is 0. The zero-order valence-electron chi connectivity index (χ0n) is 8.57. The third-order valence-electron chi connectivity index (χ3n) is 1.80. The first-order chi connectivity index (χ1) is 6.40. The largest absolute Gasteiger partial charge is 0.397 e. The van der Waals surface area contributed by atoms with Crippen molar-refractivity contribution in [2.45, 2.75) is 19.4 Å². The van der Waals surface area contributed by atoms with Gasteiger partial charge in [-0.15, -0.1) is 0 Å². The van der Waals surface area contributed by atoms with E-state index < -0.39 is 5.60 Å². The Balaban J connectivity index is 2.80. The first-order valence-electron chi connectivity index (χ1n) is 4.49. The van der Waals surface area contributed by atoms with E-state index in [1.165, 1.54) is 5.01 Å². The lowest BCUT2D eigenvalue weighted by Crippen LogP contribution is -2.43. The Labute approximate surface area is 84.1 Å². The average Bonchev–Trinajstić information content (AvgIpc) is 2.01. The molecule has 4 heteroatoms. The highest BCUT2D eigenvalue weighted by Crippen LogP contribution is 2.21. The zero-order chi connectivity index (χ0) is 10.8. The van der Waals surface area contributed by atoms with Gasteiger partial charge in [0.25, 0.3) is 0 Å². The first-order valence-corrected chi connectivity index (χ1v) is 4.49. The summed E-state index contributed by atoms with van der Waals surface area (Å²) in [6.07, 6.45) is 0. The van der Waals surface area contributed by atoms with Crippen LogP contribution in [-0.4, -0.2) is 17.3 Å². The minimum atomic E-state index is -0.836. The molecule has 5 N–H and O–H groups in total. The second kappa shape index (κ2) is 3.86. The van der Waals surface area contributed by atoms with E-state index in [4.69, 9.17) is 11.6 Å². The fourth-order valence-electron chi connectivity index (χ4n) is 1.25. The Bertz CT molecular complexity index is 306. The van der Waals surface area contributed by atoms with Crippen molar-refractivity contribution < 1.29 is 5.11 Å². The van der Waals surface area contributed by atoms with Crippen molar-refractivity contribution in [1.82, 2.24) is 0 Å². The molecule has 0 aliphatic rings. The lowest BCUT2D eigenvalue weighted by atomic mass is 10.1. The molecule has 0 amide bonds. The molecular formula is C10H17N3O. The molecule has 0 bridgehead atoms. The molecule has 0 aliphatic carbocycles. The van der Waals surface area contributed by atoms with Gasteiger partial charge < -0.3 is 15.8 Å². The van der Waals surface area contributed by atoms with E-state index >= 15 is 0 Å². The normalized spacial score (nSPS) is 11.4. The molecule has 0 heterocycles. The maximum Gasteiger partial charge on any atom is 0.0781 e. The number of nitrogens with zero attached hydrogens (tertiary/aromatic N) is 1. The zero-order valence-corrected chi connectivity index (χ0v) is 8.57. The van der Waals surface area contributed by atoms with Gasteiger partial charge >= 0.3 is 0 Å². The summed E-state index contributed by atoms with van der Waals surface area (Å²) in [6, 6.07) is 7.30. The standard InChI is InChI=1S/C10H17N3O/c1-10(2,14)7-13(12)9-6-4-3-5-8(9)11/h3-6,14H,7,11-12H2,1-2H3. The van der Waals surface area contributed by atoms with Gasteiger partial charge in [-0.3, -0.25) is 0 Å². The molecule has 0 aromatic heterocycles. The highest BCUT2D eigenvalue weighted by molar-refractivity contribution is 5.66. The molecular weight excluding hydrogens is 178 g/mol. The third-order valence-corrected chi connectivity index (χ3v) is 1.80. The molecule has 1 rings (SSSR count). The van der Waals surface area contributed by atoms with Crippen LogP contribution in [0.3, 0.4) is 0 Å². The van der Waals surface area contributed by atoms with E-state index in [0.29, 0.717) is 12.2 Å². The van der Waals surface area contributed by atoms with Crippen molar-refractivity contribution in [3.8, 4) is 0 Å². The fourth-order valence-corrected chi connectivity index (χ4v) is 1.25. The third kappa shape index (κ3) is 2.90. The van der Waals surface area contributed by atoms with Crippen LogP contribution in [0.4, 0.5) is 11.4 Å². The Morgan fingerprint density at radius 3 is 2.43 bits per heavy atom. The van der Waals surface area contributed by atoms with Gasteiger partial charge in [-0.1, -0.05) is 12.1 Å². The Hall–Kier alpha value is -1.26. The molecule has 0 fully saturated rings. The summed E-state index contributed by atoms with van der Waals surface area (Å²) in [6.45, 7) is 3.74. The van der Waals surface area contributed by atoms with Crippen LogP contribution < -0.4 is 16.6 Å². The summed E-state index contributed by atoms with van der Waals surface area (Å²) >= 11 is 0. The van der Waals surface area contributed by atoms with E-state index in [2.05, 4.69) is 0 Å². The number of nitrogens with two attached hydrogens (primary N) is 2. The molecule has 0 saturated carbocycles. The van der Waals surface area contributed by atoms with Crippen LogP contribution in [0.1, 0.15) is 13.8 Å². The van der Waals surface area contributed by atoms with E-state index in [1.54, 1.807) is 19.9 Å². The first kappa shape index (κ1) is 10.8. The van der Waals surface area contributed by atoms with Crippen LogP contribution in [0, 0.1) is 0 Å². The number of para-hydroxylation sites is 2. The number of anilines is 2. The molecule has 0 saturated heterocycles. The number of hydrogen-bond donors (Lipinski definition) is 3. The number of hydrogen-bond acceptors (Lipinski definition) is 4.